The Morgan fingerprint density at radius 2 is 1.87 bits per heavy atom. The number of rotatable bonds is 8. The van der Waals surface area contributed by atoms with Crippen LogP contribution in [0.2, 0.25) is 0 Å². The molecule has 6 rings (SSSR count). The second kappa shape index (κ2) is 10.9. The van der Waals surface area contributed by atoms with Crippen molar-refractivity contribution in [3.8, 4) is 11.3 Å². The van der Waals surface area contributed by atoms with Crippen LogP contribution in [0.3, 0.4) is 0 Å². The summed E-state index contributed by atoms with van der Waals surface area (Å²) in [6, 6.07) is 12.2. The average molecular weight is 530 g/mol. The van der Waals surface area contributed by atoms with Gasteiger partial charge in [0, 0.05) is 60.8 Å². The molecule has 4 N–H and O–H groups in total. The maximum absolute atomic E-state index is 12.6. The number of anilines is 3. The largest absolute Gasteiger partial charge is 0.381 e. The van der Waals surface area contributed by atoms with E-state index in [0.29, 0.717) is 23.9 Å². The van der Waals surface area contributed by atoms with Gasteiger partial charge in [-0.3, -0.25) is 14.7 Å². The number of pyridine rings is 1. The molecule has 3 aromatic rings. The lowest BCUT2D eigenvalue weighted by molar-refractivity contribution is 0.0342. The van der Waals surface area contributed by atoms with E-state index in [1.54, 1.807) is 6.20 Å². The van der Waals surface area contributed by atoms with Gasteiger partial charge < -0.3 is 25.8 Å². The van der Waals surface area contributed by atoms with E-state index in [4.69, 9.17) is 25.2 Å². The van der Waals surface area contributed by atoms with Crippen molar-refractivity contribution >= 4 is 23.2 Å². The second-order valence-corrected chi connectivity index (χ2v) is 10.8. The van der Waals surface area contributed by atoms with E-state index in [9.17, 15) is 4.79 Å². The molecule has 1 aliphatic carbocycles. The van der Waals surface area contributed by atoms with Gasteiger partial charge >= 0.3 is 0 Å². The number of nitrogens with two attached hydrogens (primary N) is 1. The highest BCUT2D eigenvalue weighted by molar-refractivity contribution is 5.97. The minimum absolute atomic E-state index is 0.0931. The molecule has 1 spiro atoms. The maximum Gasteiger partial charge on any atom is 0.271 e. The van der Waals surface area contributed by atoms with Crippen LogP contribution in [-0.2, 0) is 16.0 Å². The van der Waals surface area contributed by atoms with Gasteiger partial charge in [0.1, 0.15) is 5.69 Å². The van der Waals surface area contributed by atoms with E-state index in [0.717, 1.165) is 75.7 Å². The lowest BCUT2D eigenvalue weighted by Crippen LogP contribution is -2.39. The van der Waals surface area contributed by atoms with Gasteiger partial charge in [-0.25, -0.2) is 9.97 Å². The van der Waals surface area contributed by atoms with Gasteiger partial charge in [-0.2, -0.15) is 0 Å². The predicted octanol–water partition coefficient (Wildman–Crippen LogP) is 3.50. The van der Waals surface area contributed by atoms with E-state index in [1.165, 1.54) is 5.56 Å². The van der Waals surface area contributed by atoms with E-state index in [-0.39, 0.29) is 17.2 Å². The number of nitrogens with zero attached hydrogens (tertiary/aromatic N) is 4. The highest BCUT2D eigenvalue weighted by Crippen LogP contribution is 2.52. The van der Waals surface area contributed by atoms with Crippen LogP contribution in [0.5, 0.6) is 0 Å². The topological polar surface area (TPSA) is 128 Å². The van der Waals surface area contributed by atoms with Crippen molar-refractivity contribution < 1.29 is 14.3 Å². The fourth-order valence-electron chi connectivity index (χ4n) is 5.46. The fourth-order valence-corrected chi connectivity index (χ4v) is 5.46. The highest BCUT2D eigenvalue weighted by Gasteiger charge is 2.51. The van der Waals surface area contributed by atoms with Crippen LogP contribution >= 0.6 is 0 Å². The van der Waals surface area contributed by atoms with Crippen molar-refractivity contribution in [3.05, 3.63) is 59.5 Å². The van der Waals surface area contributed by atoms with Gasteiger partial charge in [0.15, 0.2) is 17.3 Å². The van der Waals surface area contributed by atoms with Crippen LogP contribution in [0.1, 0.15) is 41.0 Å². The Labute approximate surface area is 228 Å². The quantitative estimate of drug-likeness (QED) is 0.402. The van der Waals surface area contributed by atoms with Crippen molar-refractivity contribution in [1.82, 2.24) is 19.9 Å². The molecule has 1 unspecified atom stereocenters. The van der Waals surface area contributed by atoms with Gasteiger partial charge in [-0.05, 0) is 56.0 Å². The van der Waals surface area contributed by atoms with Gasteiger partial charge in [0.2, 0.25) is 0 Å². The molecule has 2 aliphatic heterocycles. The number of hydrogen-bond donors (Lipinski definition) is 3. The first-order valence-electron chi connectivity index (χ1n) is 13.6. The van der Waals surface area contributed by atoms with Crippen LogP contribution in [0.25, 0.3) is 11.3 Å². The van der Waals surface area contributed by atoms with Crippen LogP contribution in [-0.4, -0.2) is 71.3 Å². The van der Waals surface area contributed by atoms with Crippen LogP contribution < -0.4 is 16.4 Å². The molecule has 1 amide bonds. The molecule has 39 heavy (non-hydrogen) atoms. The molecule has 10 heteroatoms. The number of ether oxygens (including phenoxy) is 2. The van der Waals surface area contributed by atoms with Crippen molar-refractivity contribution in [3.63, 3.8) is 0 Å². The number of hydrogen-bond acceptors (Lipinski definition) is 9. The third kappa shape index (κ3) is 5.73. The molecule has 204 valence electrons. The van der Waals surface area contributed by atoms with E-state index < -0.39 is 5.91 Å². The van der Waals surface area contributed by atoms with E-state index in [1.807, 2.05) is 31.2 Å². The zero-order valence-corrected chi connectivity index (χ0v) is 22.3. The zero-order chi connectivity index (χ0) is 26.8. The lowest BCUT2D eigenvalue weighted by Gasteiger charge is -2.33. The standard InChI is InChI=1S/C29H35N7O3/c1-19-16-21(6-10-31-19)24-27(33-23-7-13-39-18-29(23)8-9-29)35-28(25(34-24)26(30)37)32-22-4-2-20(3-5-22)17-36-11-14-38-15-12-36/h2-6,10,16,23H,7-9,11-15,17-18H2,1H3,(H2,30,37)(H2,32,33,35). The minimum atomic E-state index is -0.641. The predicted molar refractivity (Wildman–Crippen MR) is 149 cm³/mol. The number of morpholine rings is 1. The first-order chi connectivity index (χ1) is 19.0. The third-order valence-corrected chi connectivity index (χ3v) is 7.91. The number of aryl methyl sites for hydroxylation is 1. The second-order valence-electron chi connectivity index (χ2n) is 10.8. The summed E-state index contributed by atoms with van der Waals surface area (Å²) < 4.78 is 11.2. The summed E-state index contributed by atoms with van der Waals surface area (Å²) in [7, 11) is 0. The molecule has 0 radical (unpaired) electrons. The molecule has 3 aliphatic rings. The first kappa shape index (κ1) is 25.7. The lowest BCUT2D eigenvalue weighted by atomic mass is 9.92. The number of aromatic nitrogens is 3. The Bertz CT molecular complexity index is 1340. The fraction of sp³-hybridized carbons (Fsp3) is 0.448. The van der Waals surface area contributed by atoms with Crippen LogP contribution in [0.15, 0.2) is 42.6 Å². The Morgan fingerprint density at radius 1 is 1.08 bits per heavy atom. The number of primary amides is 1. The average Bonchev–Trinajstić information content (AvgIpc) is 3.71. The molecule has 1 saturated carbocycles. The summed E-state index contributed by atoms with van der Waals surface area (Å²) in [6.45, 7) is 7.67. The Morgan fingerprint density at radius 3 is 2.59 bits per heavy atom. The third-order valence-electron chi connectivity index (χ3n) is 7.91. The summed E-state index contributed by atoms with van der Waals surface area (Å²) in [4.78, 5) is 29.0. The summed E-state index contributed by atoms with van der Waals surface area (Å²) in [6.07, 6.45) is 4.88. The molecule has 3 fully saturated rings. The molecule has 2 saturated heterocycles. The van der Waals surface area contributed by atoms with Crippen molar-refractivity contribution in [2.75, 3.05) is 50.2 Å². The highest BCUT2D eigenvalue weighted by atomic mass is 16.5. The monoisotopic (exact) mass is 529 g/mol. The smallest absolute Gasteiger partial charge is 0.271 e. The SMILES string of the molecule is Cc1cc(-c2nc(C(N)=O)c(Nc3ccc(CN4CCOCC4)cc3)nc2NC2CCOCC23CC3)ccn1. The van der Waals surface area contributed by atoms with Gasteiger partial charge in [0.25, 0.3) is 5.91 Å². The molecular weight excluding hydrogens is 494 g/mol. The summed E-state index contributed by atoms with van der Waals surface area (Å²) in [5.74, 6) is 0.310. The van der Waals surface area contributed by atoms with Crippen molar-refractivity contribution in [2.45, 2.75) is 38.8 Å². The molecule has 1 aromatic carbocycles. The molecule has 2 aromatic heterocycles. The van der Waals surface area contributed by atoms with Crippen molar-refractivity contribution in [1.29, 1.82) is 0 Å². The van der Waals surface area contributed by atoms with Crippen molar-refractivity contribution in [2.24, 2.45) is 11.1 Å². The van der Waals surface area contributed by atoms with Crippen LogP contribution in [0.4, 0.5) is 17.3 Å². The number of carbonyl (C=O) groups is 1. The maximum atomic E-state index is 12.6. The zero-order valence-electron chi connectivity index (χ0n) is 22.3. The molecular formula is C29H35N7O3. The molecule has 0 bridgehead atoms. The van der Waals surface area contributed by atoms with E-state index in [2.05, 4.69) is 32.7 Å². The molecule has 1 atom stereocenters. The Hall–Kier alpha value is -3.60. The van der Waals surface area contributed by atoms with Gasteiger partial charge in [0.05, 0.1) is 19.8 Å². The van der Waals surface area contributed by atoms with Gasteiger partial charge in [-0.1, -0.05) is 12.1 Å². The molecule has 4 heterocycles. The van der Waals surface area contributed by atoms with Gasteiger partial charge in [-0.15, -0.1) is 0 Å². The number of amides is 1. The summed E-state index contributed by atoms with van der Waals surface area (Å²) in [5, 5.41) is 6.99. The minimum Gasteiger partial charge on any atom is -0.381 e. The molecule has 10 nitrogen and oxygen atoms in total. The first-order valence-corrected chi connectivity index (χ1v) is 13.6. The van der Waals surface area contributed by atoms with E-state index >= 15 is 0 Å². The Kier molecular flexibility index (Phi) is 7.16. The number of nitrogens with one attached hydrogen (secondary N) is 2. The van der Waals surface area contributed by atoms with Crippen LogP contribution in [0, 0.1) is 12.3 Å². The number of benzene rings is 1. The summed E-state index contributed by atoms with van der Waals surface area (Å²) >= 11 is 0. The summed E-state index contributed by atoms with van der Waals surface area (Å²) in [5.41, 5.74) is 10.3. The Balaban J connectivity index is 1.32. The number of carbonyl (C=O) groups excluding carboxylic acids is 1. The normalized spacial score (nSPS) is 20.5.